The molecule has 0 atom stereocenters. The molecule has 0 heterocycles. The lowest BCUT2D eigenvalue weighted by Crippen LogP contribution is -2.20. The molecule has 1 amide bonds. The van der Waals surface area contributed by atoms with Crippen LogP contribution in [0.2, 0.25) is 0 Å². The van der Waals surface area contributed by atoms with Crippen molar-refractivity contribution in [3.05, 3.63) is 71.8 Å². The minimum Gasteiger partial charge on any atom is -0.267 e. The summed E-state index contributed by atoms with van der Waals surface area (Å²) in [4.78, 5) is 12.0. The molecule has 0 saturated carbocycles. The summed E-state index contributed by atoms with van der Waals surface area (Å²) in [5, 5.41) is 4.28. The van der Waals surface area contributed by atoms with E-state index in [9.17, 15) is 4.79 Å². The van der Waals surface area contributed by atoms with Gasteiger partial charge in [0.05, 0.1) is 5.71 Å². The van der Waals surface area contributed by atoms with Crippen molar-refractivity contribution in [2.75, 3.05) is 0 Å². The Bertz CT molecular complexity index is 576. The maximum Gasteiger partial charge on any atom is 0.271 e. The average Bonchev–Trinajstić information content (AvgIpc) is 2.53. The highest BCUT2D eigenvalue weighted by Crippen LogP contribution is 2.06. The van der Waals surface area contributed by atoms with Crippen LogP contribution in [0.4, 0.5) is 0 Å². The Hall–Kier alpha value is -2.42. The molecule has 1 N–H and O–H groups in total. The predicted molar refractivity (Wildman–Crippen MR) is 81.8 cm³/mol. The largest absolute Gasteiger partial charge is 0.271 e. The first-order chi connectivity index (χ1) is 9.81. The third kappa shape index (κ3) is 3.79. The number of hydrogen-bond donors (Lipinski definition) is 1. The Morgan fingerprint density at radius 2 is 1.50 bits per heavy atom. The molecule has 0 fully saturated rings. The van der Waals surface area contributed by atoms with E-state index < -0.39 is 0 Å². The van der Waals surface area contributed by atoms with Gasteiger partial charge in [0, 0.05) is 5.56 Å². The van der Waals surface area contributed by atoms with E-state index in [-0.39, 0.29) is 5.91 Å². The summed E-state index contributed by atoms with van der Waals surface area (Å²) in [5.74, 6) is -0.185. The predicted octanol–water partition coefficient (Wildman–Crippen LogP) is 3.62. The van der Waals surface area contributed by atoms with Gasteiger partial charge in [0.25, 0.3) is 5.91 Å². The van der Waals surface area contributed by atoms with Gasteiger partial charge in [-0.15, -0.1) is 0 Å². The molecule has 2 aromatic rings. The van der Waals surface area contributed by atoms with Crippen LogP contribution in [0.25, 0.3) is 0 Å². The number of hydrazone groups is 1. The summed E-state index contributed by atoms with van der Waals surface area (Å²) in [7, 11) is 0. The highest BCUT2D eigenvalue weighted by atomic mass is 16.2. The monoisotopic (exact) mass is 266 g/mol. The van der Waals surface area contributed by atoms with Crippen LogP contribution in [0, 0.1) is 0 Å². The Morgan fingerprint density at radius 3 is 2.05 bits per heavy atom. The molecular weight excluding hydrogens is 248 g/mol. The van der Waals surface area contributed by atoms with Crippen LogP contribution in [0.5, 0.6) is 0 Å². The number of nitrogens with one attached hydrogen (secondary N) is 1. The molecule has 102 valence electrons. The van der Waals surface area contributed by atoms with Crippen molar-refractivity contribution in [1.82, 2.24) is 5.43 Å². The SMILES string of the molecule is CCCC(=NNC(=O)c1ccccc1)c1ccccc1. The first-order valence-corrected chi connectivity index (χ1v) is 6.78. The van der Waals surface area contributed by atoms with Crippen LogP contribution < -0.4 is 5.43 Å². The normalized spacial score (nSPS) is 11.2. The molecule has 2 aromatic carbocycles. The smallest absolute Gasteiger partial charge is 0.267 e. The molecule has 0 aliphatic heterocycles. The minimum absolute atomic E-state index is 0.185. The topological polar surface area (TPSA) is 41.5 Å². The van der Waals surface area contributed by atoms with Crippen molar-refractivity contribution in [2.45, 2.75) is 19.8 Å². The molecule has 0 aliphatic carbocycles. The van der Waals surface area contributed by atoms with Gasteiger partial charge in [0.15, 0.2) is 0 Å². The number of carbonyl (C=O) groups is 1. The van der Waals surface area contributed by atoms with Gasteiger partial charge in [0.2, 0.25) is 0 Å². The lowest BCUT2D eigenvalue weighted by atomic mass is 10.1. The number of nitrogens with zero attached hydrogens (tertiary/aromatic N) is 1. The number of benzene rings is 2. The van der Waals surface area contributed by atoms with E-state index in [1.165, 1.54) is 0 Å². The molecule has 0 bridgehead atoms. The summed E-state index contributed by atoms with van der Waals surface area (Å²) in [6.07, 6.45) is 1.81. The van der Waals surface area contributed by atoms with Crippen LogP contribution in [0.1, 0.15) is 35.7 Å². The quantitative estimate of drug-likeness (QED) is 0.651. The lowest BCUT2D eigenvalue weighted by Gasteiger charge is -2.06. The van der Waals surface area contributed by atoms with Crippen LogP contribution in [0.3, 0.4) is 0 Å². The minimum atomic E-state index is -0.185. The second-order valence-corrected chi connectivity index (χ2v) is 4.48. The van der Waals surface area contributed by atoms with Gasteiger partial charge in [0.1, 0.15) is 0 Å². The molecular formula is C17H18N2O. The first-order valence-electron chi connectivity index (χ1n) is 6.78. The zero-order valence-electron chi connectivity index (χ0n) is 11.5. The van der Waals surface area contributed by atoms with Crippen LogP contribution >= 0.6 is 0 Å². The molecule has 2 rings (SSSR count). The van der Waals surface area contributed by atoms with Crippen LogP contribution in [-0.2, 0) is 0 Å². The third-order valence-corrected chi connectivity index (χ3v) is 2.92. The first kappa shape index (κ1) is 14.0. The third-order valence-electron chi connectivity index (χ3n) is 2.92. The standard InChI is InChI=1S/C17H18N2O/c1-2-9-16(14-10-5-3-6-11-14)18-19-17(20)15-12-7-4-8-13-15/h3-8,10-13H,2,9H2,1H3,(H,19,20). The molecule has 3 heteroatoms. The van der Waals surface area contributed by atoms with Gasteiger partial charge in [-0.3, -0.25) is 4.79 Å². The molecule has 0 spiro atoms. The van der Waals surface area contributed by atoms with Gasteiger partial charge in [-0.25, -0.2) is 5.43 Å². The van der Waals surface area contributed by atoms with Crippen molar-refractivity contribution in [3.63, 3.8) is 0 Å². The summed E-state index contributed by atoms with van der Waals surface area (Å²) in [6, 6.07) is 19.0. The van der Waals surface area contributed by atoms with Gasteiger partial charge >= 0.3 is 0 Å². The van der Waals surface area contributed by atoms with E-state index in [1.807, 2.05) is 48.5 Å². The highest BCUT2D eigenvalue weighted by molar-refractivity contribution is 6.02. The van der Waals surface area contributed by atoms with E-state index in [0.29, 0.717) is 5.56 Å². The number of rotatable bonds is 5. The Kier molecular flexibility index (Phi) is 5.07. The molecule has 3 nitrogen and oxygen atoms in total. The fraction of sp³-hybridized carbons (Fsp3) is 0.176. The van der Waals surface area contributed by atoms with E-state index in [0.717, 1.165) is 24.1 Å². The second-order valence-electron chi connectivity index (χ2n) is 4.48. The average molecular weight is 266 g/mol. The molecule has 0 aromatic heterocycles. The fourth-order valence-corrected chi connectivity index (χ4v) is 1.90. The van der Waals surface area contributed by atoms with Crippen molar-refractivity contribution in [3.8, 4) is 0 Å². The summed E-state index contributed by atoms with van der Waals surface area (Å²) in [6.45, 7) is 2.09. The van der Waals surface area contributed by atoms with Crippen molar-refractivity contribution >= 4 is 11.6 Å². The molecule has 20 heavy (non-hydrogen) atoms. The van der Waals surface area contributed by atoms with Gasteiger partial charge in [-0.1, -0.05) is 61.9 Å². The second kappa shape index (κ2) is 7.24. The maximum atomic E-state index is 12.0. The Balaban J connectivity index is 2.12. The number of amides is 1. The summed E-state index contributed by atoms with van der Waals surface area (Å²) >= 11 is 0. The van der Waals surface area contributed by atoms with E-state index in [1.54, 1.807) is 12.1 Å². The van der Waals surface area contributed by atoms with E-state index >= 15 is 0 Å². The van der Waals surface area contributed by atoms with Crippen molar-refractivity contribution in [1.29, 1.82) is 0 Å². The lowest BCUT2D eigenvalue weighted by molar-refractivity contribution is 0.0955. The number of carbonyl (C=O) groups excluding carboxylic acids is 1. The van der Waals surface area contributed by atoms with Gasteiger partial charge in [-0.2, -0.15) is 5.10 Å². The maximum absolute atomic E-state index is 12.0. The Morgan fingerprint density at radius 1 is 0.950 bits per heavy atom. The fourth-order valence-electron chi connectivity index (χ4n) is 1.90. The molecule has 0 radical (unpaired) electrons. The van der Waals surface area contributed by atoms with Crippen molar-refractivity contribution < 1.29 is 4.79 Å². The Labute approximate surface area is 119 Å². The molecule has 0 saturated heterocycles. The van der Waals surface area contributed by atoms with E-state index in [4.69, 9.17) is 0 Å². The summed E-state index contributed by atoms with van der Waals surface area (Å²) in [5.41, 5.74) is 5.19. The van der Waals surface area contributed by atoms with E-state index in [2.05, 4.69) is 17.5 Å². The van der Waals surface area contributed by atoms with Gasteiger partial charge < -0.3 is 0 Å². The number of hydrogen-bond acceptors (Lipinski definition) is 2. The van der Waals surface area contributed by atoms with Crippen LogP contribution in [-0.4, -0.2) is 11.6 Å². The zero-order valence-corrected chi connectivity index (χ0v) is 11.5. The molecule has 0 aliphatic rings. The van der Waals surface area contributed by atoms with Crippen LogP contribution in [0.15, 0.2) is 65.8 Å². The summed E-state index contributed by atoms with van der Waals surface area (Å²) < 4.78 is 0. The van der Waals surface area contributed by atoms with Gasteiger partial charge in [-0.05, 0) is 24.1 Å². The highest BCUT2D eigenvalue weighted by Gasteiger charge is 2.05. The van der Waals surface area contributed by atoms with Crippen molar-refractivity contribution in [2.24, 2.45) is 5.10 Å². The molecule has 0 unspecified atom stereocenters. The zero-order chi connectivity index (χ0) is 14.2.